The van der Waals surface area contributed by atoms with Crippen molar-refractivity contribution in [2.45, 2.75) is 55.7 Å². The largest absolute Gasteiger partial charge is 0.477 e. The minimum atomic E-state index is -1.26. The predicted octanol–water partition coefficient (Wildman–Crippen LogP) is 0.258. The molecule has 0 radical (unpaired) electrons. The number of carboxylic acids is 1. The number of fused-ring (bicyclic) bond motifs is 1. The fourth-order valence-corrected chi connectivity index (χ4v) is 7.36. The topological polar surface area (TPSA) is 180 Å². The van der Waals surface area contributed by atoms with Gasteiger partial charge < -0.3 is 31.2 Å². The van der Waals surface area contributed by atoms with Crippen LogP contribution in [0, 0.1) is 0 Å². The summed E-state index contributed by atoms with van der Waals surface area (Å²) in [4.78, 5) is 64.4. The Morgan fingerprint density at radius 1 is 1.27 bits per heavy atom. The van der Waals surface area contributed by atoms with Crippen molar-refractivity contribution in [2.75, 3.05) is 31.1 Å². The summed E-state index contributed by atoms with van der Waals surface area (Å²) in [5.74, 6) is -2.28. The van der Waals surface area contributed by atoms with Gasteiger partial charge in [0.25, 0.3) is 11.8 Å². The number of β-lactam (4-membered cyclic amide) rings is 1. The molecule has 212 valence electrons. The van der Waals surface area contributed by atoms with Crippen LogP contribution < -0.4 is 16.4 Å². The zero-order valence-electron chi connectivity index (χ0n) is 21.5. The summed E-state index contributed by atoms with van der Waals surface area (Å²) in [5, 5.41) is 21.2. The maximum atomic E-state index is 13.3. The highest BCUT2D eigenvalue weighted by molar-refractivity contribution is 8.00. The maximum Gasteiger partial charge on any atom is 0.352 e. The van der Waals surface area contributed by atoms with E-state index in [1.54, 1.807) is 11.5 Å². The third kappa shape index (κ3) is 4.86. The van der Waals surface area contributed by atoms with E-state index in [9.17, 15) is 24.3 Å². The van der Waals surface area contributed by atoms with Crippen molar-refractivity contribution in [2.24, 2.45) is 5.16 Å². The van der Waals surface area contributed by atoms with E-state index in [0.29, 0.717) is 24.1 Å². The van der Waals surface area contributed by atoms with Crippen molar-refractivity contribution in [3.8, 4) is 0 Å². The van der Waals surface area contributed by atoms with E-state index in [4.69, 9.17) is 10.6 Å². The van der Waals surface area contributed by atoms with Crippen LogP contribution in [0.1, 0.15) is 37.8 Å². The second kappa shape index (κ2) is 10.9. The second-order valence-corrected chi connectivity index (χ2v) is 12.3. The smallest absolute Gasteiger partial charge is 0.352 e. The van der Waals surface area contributed by atoms with Crippen LogP contribution in [0.2, 0.25) is 0 Å². The molecule has 0 spiro atoms. The molecular formula is C25H29N7O6S2. The van der Waals surface area contributed by atoms with Crippen LogP contribution in [0.25, 0.3) is 0 Å². The number of hydrogen-bond donors (Lipinski definition) is 4. The van der Waals surface area contributed by atoms with E-state index >= 15 is 0 Å². The molecule has 3 saturated heterocycles. The molecule has 15 heteroatoms. The van der Waals surface area contributed by atoms with E-state index in [-0.39, 0.29) is 46.0 Å². The Bertz CT molecular complexity index is 1350. The van der Waals surface area contributed by atoms with Crippen LogP contribution in [-0.2, 0) is 24.0 Å². The number of oxime groups is 1. The van der Waals surface area contributed by atoms with Gasteiger partial charge in [-0.05, 0) is 43.8 Å². The normalized spacial score (nSPS) is 26.7. The number of nitrogens with two attached hydrogens (primary N) is 1. The third-order valence-electron chi connectivity index (χ3n) is 7.77. The van der Waals surface area contributed by atoms with Gasteiger partial charge in [0.2, 0.25) is 5.91 Å². The van der Waals surface area contributed by atoms with Gasteiger partial charge in [0, 0.05) is 36.3 Å². The molecule has 1 saturated carbocycles. The molecule has 5 heterocycles. The summed E-state index contributed by atoms with van der Waals surface area (Å²) >= 11 is 2.49. The molecule has 1 aromatic rings. The van der Waals surface area contributed by atoms with Crippen LogP contribution in [-0.4, -0.2) is 98.2 Å². The Morgan fingerprint density at radius 3 is 2.70 bits per heavy atom. The van der Waals surface area contributed by atoms with Crippen LogP contribution in [0.5, 0.6) is 0 Å². The number of rotatable bonds is 8. The first-order valence-corrected chi connectivity index (χ1v) is 15.1. The SMILES string of the molecule is Nc1nc(/C(=N/OC2CCCC2)C(=O)NC2C(=O)N3C(C(=O)O)=C(C=C4CCN(C5CNC5)C4=O)CSC23)cs1. The van der Waals surface area contributed by atoms with Crippen LogP contribution in [0.4, 0.5) is 5.13 Å². The first kappa shape index (κ1) is 26.8. The van der Waals surface area contributed by atoms with Crippen molar-refractivity contribution in [3.05, 3.63) is 34.0 Å². The first-order valence-electron chi connectivity index (χ1n) is 13.2. The second-order valence-electron chi connectivity index (χ2n) is 10.3. The molecule has 4 fully saturated rings. The molecule has 6 rings (SSSR count). The fourth-order valence-electron chi connectivity index (χ4n) is 5.51. The Labute approximate surface area is 237 Å². The number of carbonyl (C=O) groups is 4. The van der Waals surface area contributed by atoms with Gasteiger partial charge in [-0.25, -0.2) is 9.78 Å². The molecule has 5 N–H and O–H groups in total. The van der Waals surface area contributed by atoms with Gasteiger partial charge in [0.05, 0.1) is 6.04 Å². The number of aliphatic carboxylic acids is 1. The summed E-state index contributed by atoms with van der Waals surface area (Å²) in [6.07, 6.45) is 5.80. The van der Waals surface area contributed by atoms with Crippen LogP contribution >= 0.6 is 23.1 Å². The highest BCUT2D eigenvalue weighted by atomic mass is 32.2. The van der Waals surface area contributed by atoms with E-state index < -0.39 is 29.2 Å². The van der Waals surface area contributed by atoms with Crippen molar-refractivity contribution in [3.63, 3.8) is 0 Å². The molecule has 2 unspecified atom stereocenters. The lowest BCUT2D eigenvalue weighted by atomic mass is 10.0. The van der Waals surface area contributed by atoms with E-state index in [2.05, 4.69) is 20.8 Å². The Morgan fingerprint density at radius 2 is 2.05 bits per heavy atom. The number of hydrogen-bond acceptors (Lipinski definition) is 11. The zero-order chi connectivity index (χ0) is 28.0. The standard InChI is InChI=1S/C25H29N7O6S2/c26-25-28-16(11-40-25)17(30-38-15-3-1-2-4-15)20(33)29-18-22(35)32-19(24(36)37)13(10-39-23(18)32)7-12-5-6-31(21(12)34)14-8-27-9-14/h7,11,14-15,18,23,27H,1-6,8-10H2,(H2,26,28)(H,29,33)(H,36,37)/b12-7?,30-17-. The number of nitrogens with zero attached hydrogens (tertiary/aromatic N) is 4. The summed E-state index contributed by atoms with van der Waals surface area (Å²) in [7, 11) is 0. The van der Waals surface area contributed by atoms with Gasteiger partial charge >= 0.3 is 5.97 Å². The fraction of sp³-hybridized carbons (Fsp3) is 0.520. The molecule has 1 aromatic heterocycles. The summed E-state index contributed by atoms with van der Waals surface area (Å²) in [6, 6.07) is -0.793. The molecule has 13 nitrogen and oxygen atoms in total. The number of carbonyl (C=O) groups excluding carboxylic acids is 3. The lowest BCUT2D eigenvalue weighted by Gasteiger charge is -2.49. The Hall–Kier alpha value is -3.43. The van der Waals surface area contributed by atoms with Crippen molar-refractivity contribution in [1.29, 1.82) is 0 Å². The average Bonchev–Trinajstić information content (AvgIpc) is 3.65. The number of allylic oxidation sites excluding steroid dienone is 1. The monoisotopic (exact) mass is 587 g/mol. The number of amides is 3. The quantitative estimate of drug-likeness (QED) is 0.143. The van der Waals surface area contributed by atoms with Gasteiger partial charge in [0.15, 0.2) is 10.8 Å². The lowest BCUT2D eigenvalue weighted by Crippen LogP contribution is -2.71. The molecule has 4 aliphatic heterocycles. The first-order chi connectivity index (χ1) is 19.3. The number of nitrogen functional groups attached to an aromatic ring is 1. The highest BCUT2D eigenvalue weighted by Gasteiger charge is 2.54. The van der Waals surface area contributed by atoms with E-state index in [0.717, 1.165) is 50.1 Å². The molecule has 1 aliphatic carbocycles. The van der Waals surface area contributed by atoms with Crippen molar-refractivity contribution in [1.82, 2.24) is 25.4 Å². The number of likely N-dealkylation sites (tertiary alicyclic amines) is 1. The van der Waals surface area contributed by atoms with Crippen LogP contribution in [0.3, 0.4) is 0 Å². The highest BCUT2D eigenvalue weighted by Crippen LogP contribution is 2.41. The molecule has 40 heavy (non-hydrogen) atoms. The molecule has 3 amide bonds. The summed E-state index contributed by atoms with van der Waals surface area (Å²) in [5.41, 5.74) is 6.72. The van der Waals surface area contributed by atoms with E-state index in [1.165, 1.54) is 16.7 Å². The third-order valence-corrected chi connectivity index (χ3v) is 9.74. The Kier molecular flexibility index (Phi) is 7.27. The van der Waals surface area contributed by atoms with Crippen LogP contribution in [0.15, 0.2) is 33.5 Å². The predicted molar refractivity (Wildman–Crippen MR) is 147 cm³/mol. The molecular weight excluding hydrogens is 558 g/mol. The van der Waals surface area contributed by atoms with Gasteiger partial charge in [-0.15, -0.1) is 23.1 Å². The number of thioether (sulfide) groups is 1. The number of aromatic nitrogens is 1. The zero-order valence-corrected chi connectivity index (χ0v) is 23.1. The number of nitrogens with one attached hydrogen (secondary N) is 2. The van der Waals surface area contributed by atoms with Gasteiger partial charge in [0.1, 0.15) is 28.9 Å². The Balaban J connectivity index is 1.19. The van der Waals surface area contributed by atoms with Crippen molar-refractivity contribution < 1.29 is 29.1 Å². The lowest BCUT2D eigenvalue weighted by molar-refractivity contribution is -0.150. The summed E-state index contributed by atoms with van der Waals surface area (Å²) < 4.78 is 0. The molecule has 0 aromatic carbocycles. The summed E-state index contributed by atoms with van der Waals surface area (Å²) in [6.45, 7) is 2.10. The van der Waals surface area contributed by atoms with Crippen molar-refractivity contribution >= 4 is 57.6 Å². The molecule has 0 bridgehead atoms. The molecule has 2 atom stereocenters. The van der Waals surface area contributed by atoms with Gasteiger partial charge in [-0.2, -0.15) is 0 Å². The van der Waals surface area contributed by atoms with E-state index in [1.807, 2.05) is 4.90 Å². The number of carboxylic acid groups (broad SMARTS) is 1. The van der Waals surface area contributed by atoms with Gasteiger partial charge in [-0.3, -0.25) is 19.3 Å². The van der Waals surface area contributed by atoms with Gasteiger partial charge in [-0.1, -0.05) is 5.16 Å². The number of thiazole rings is 1. The number of anilines is 1. The minimum Gasteiger partial charge on any atom is -0.477 e. The average molecular weight is 588 g/mol. The minimum absolute atomic E-state index is 0.0858. The maximum absolute atomic E-state index is 13.3. The molecule has 5 aliphatic rings.